The van der Waals surface area contributed by atoms with E-state index in [-0.39, 0.29) is 0 Å². The number of hydrogen-bond acceptors (Lipinski definition) is 3. The number of carbonyl (C=O) groups is 1. The first-order chi connectivity index (χ1) is 5.72. The van der Waals surface area contributed by atoms with Crippen molar-refractivity contribution in [1.82, 2.24) is 0 Å². The lowest BCUT2D eigenvalue weighted by Gasteiger charge is -2.16. The maximum Gasteiger partial charge on any atom is 0.311 e. The zero-order valence-electron chi connectivity index (χ0n) is 7.17. The maximum absolute atomic E-state index is 10.9. The third kappa shape index (κ3) is 1.76. The number of ether oxygens (including phenoxy) is 1. The highest BCUT2D eigenvalue weighted by molar-refractivity contribution is 5.80. The van der Waals surface area contributed by atoms with E-state index < -0.39 is 11.4 Å². The molecule has 1 saturated carbocycles. The average Bonchev–Trinajstić information content (AvgIpc) is 2.54. The molecule has 0 N–H and O–H groups in total. The van der Waals surface area contributed by atoms with Crippen LogP contribution in [-0.2, 0) is 9.53 Å². The van der Waals surface area contributed by atoms with Crippen LogP contribution in [0.4, 0.5) is 0 Å². The van der Waals surface area contributed by atoms with Crippen molar-refractivity contribution in [1.29, 1.82) is 5.26 Å². The van der Waals surface area contributed by atoms with Crippen LogP contribution in [0.1, 0.15) is 25.7 Å². The van der Waals surface area contributed by atoms with Crippen LogP contribution in [0.25, 0.3) is 0 Å². The summed E-state index contributed by atoms with van der Waals surface area (Å²) in [6.07, 6.45) is 5.05. The molecule has 65 valence electrons. The zero-order valence-corrected chi connectivity index (χ0v) is 7.17. The Kier molecular flexibility index (Phi) is 2.69. The van der Waals surface area contributed by atoms with E-state index in [1.807, 2.05) is 0 Å². The lowest BCUT2D eigenvalue weighted by molar-refractivity contribution is -0.137. The fraction of sp³-hybridized carbons (Fsp3) is 0.667. The second kappa shape index (κ2) is 3.57. The van der Waals surface area contributed by atoms with E-state index in [9.17, 15) is 4.79 Å². The third-order valence-corrected chi connectivity index (χ3v) is 2.31. The van der Waals surface area contributed by atoms with Gasteiger partial charge in [0.1, 0.15) is 0 Å². The predicted molar refractivity (Wildman–Crippen MR) is 42.8 cm³/mol. The van der Waals surface area contributed by atoms with Crippen molar-refractivity contribution < 1.29 is 9.53 Å². The molecule has 0 aromatic rings. The standard InChI is InChI=1S/C9H12NO2/c1-12-8(11)6-9(7-10)4-2-3-5-9/h6H,2-5H2,1H3. The van der Waals surface area contributed by atoms with Crippen molar-refractivity contribution in [2.75, 3.05) is 7.11 Å². The summed E-state index contributed by atoms with van der Waals surface area (Å²) < 4.78 is 4.49. The fourth-order valence-corrected chi connectivity index (χ4v) is 1.58. The minimum atomic E-state index is -0.535. The van der Waals surface area contributed by atoms with Crippen LogP contribution in [0, 0.1) is 23.2 Å². The van der Waals surface area contributed by atoms with Crippen molar-refractivity contribution in [3.8, 4) is 6.07 Å². The molecule has 0 atom stereocenters. The molecule has 3 nitrogen and oxygen atoms in total. The van der Waals surface area contributed by atoms with Gasteiger partial charge in [-0.25, -0.2) is 0 Å². The van der Waals surface area contributed by atoms with E-state index in [2.05, 4.69) is 10.8 Å². The van der Waals surface area contributed by atoms with Crippen LogP contribution in [0.15, 0.2) is 0 Å². The maximum atomic E-state index is 10.9. The highest BCUT2D eigenvalue weighted by Gasteiger charge is 2.36. The molecule has 0 aliphatic heterocycles. The molecule has 1 aliphatic rings. The summed E-state index contributed by atoms with van der Waals surface area (Å²) in [5.74, 6) is -0.390. The van der Waals surface area contributed by atoms with Gasteiger partial charge >= 0.3 is 5.97 Å². The quantitative estimate of drug-likeness (QED) is 0.583. The Morgan fingerprint density at radius 3 is 2.58 bits per heavy atom. The molecule has 3 heteroatoms. The van der Waals surface area contributed by atoms with Crippen LogP contribution < -0.4 is 0 Å². The Labute approximate surface area is 72.3 Å². The van der Waals surface area contributed by atoms with Crippen molar-refractivity contribution in [2.45, 2.75) is 25.7 Å². The SMILES string of the molecule is COC(=O)[CH]C1(C#N)CCCC1. The summed E-state index contributed by atoms with van der Waals surface area (Å²) in [6.45, 7) is 0. The first kappa shape index (κ1) is 9.05. The number of rotatable bonds is 2. The van der Waals surface area contributed by atoms with Gasteiger partial charge in [0.05, 0.1) is 25.0 Å². The molecule has 0 unspecified atom stereocenters. The molecular weight excluding hydrogens is 154 g/mol. The third-order valence-electron chi connectivity index (χ3n) is 2.31. The van der Waals surface area contributed by atoms with Crippen molar-refractivity contribution in [3.05, 3.63) is 6.42 Å². The number of nitriles is 1. The van der Waals surface area contributed by atoms with Gasteiger partial charge in [0, 0.05) is 0 Å². The van der Waals surface area contributed by atoms with E-state index in [0.29, 0.717) is 0 Å². The first-order valence-electron chi connectivity index (χ1n) is 4.07. The highest BCUT2D eigenvalue weighted by Crippen LogP contribution is 2.39. The summed E-state index contributed by atoms with van der Waals surface area (Å²) in [5.41, 5.74) is -0.535. The van der Waals surface area contributed by atoms with Crippen molar-refractivity contribution >= 4 is 5.97 Å². The minimum Gasteiger partial charge on any atom is -0.469 e. The summed E-state index contributed by atoms with van der Waals surface area (Å²) in [5, 5.41) is 8.87. The van der Waals surface area contributed by atoms with Crippen LogP contribution in [-0.4, -0.2) is 13.1 Å². The Bertz CT molecular complexity index is 211. The topological polar surface area (TPSA) is 50.1 Å². The van der Waals surface area contributed by atoms with Crippen LogP contribution in [0.5, 0.6) is 0 Å². The summed E-state index contributed by atoms with van der Waals surface area (Å²) in [7, 11) is 1.33. The molecule has 0 spiro atoms. The first-order valence-corrected chi connectivity index (χ1v) is 4.07. The summed E-state index contributed by atoms with van der Waals surface area (Å²) >= 11 is 0. The minimum absolute atomic E-state index is 0.390. The van der Waals surface area contributed by atoms with E-state index in [1.54, 1.807) is 0 Å². The van der Waals surface area contributed by atoms with Gasteiger partial charge in [0.2, 0.25) is 0 Å². The van der Waals surface area contributed by atoms with E-state index in [4.69, 9.17) is 5.26 Å². The van der Waals surface area contributed by atoms with E-state index in [1.165, 1.54) is 13.5 Å². The molecule has 1 fully saturated rings. The molecule has 12 heavy (non-hydrogen) atoms. The second-order valence-electron chi connectivity index (χ2n) is 3.14. The Morgan fingerprint density at radius 1 is 1.58 bits per heavy atom. The number of nitrogens with zero attached hydrogens (tertiary/aromatic N) is 1. The number of esters is 1. The number of carbonyl (C=O) groups excluding carboxylic acids is 1. The Hall–Kier alpha value is -1.04. The number of methoxy groups -OCH3 is 1. The molecule has 1 rings (SSSR count). The van der Waals surface area contributed by atoms with E-state index in [0.717, 1.165) is 25.7 Å². The van der Waals surface area contributed by atoms with Gasteiger partial charge in [0.25, 0.3) is 0 Å². The van der Waals surface area contributed by atoms with Crippen molar-refractivity contribution in [2.24, 2.45) is 5.41 Å². The summed E-state index contributed by atoms with van der Waals surface area (Å²) in [6, 6.07) is 2.19. The fourth-order valence-electron chi connectivity index (χ4n) is 1.58. The van der Waals surface area contributed by atoms with Gasteiger partial charge in [-0.2, -0.15) is 5.26 Å². The van der Waals surface area contributed by atoms with Crippen LogP contribution in [0.3, 0.4) is 0 Å². The highest BCUT2D eigenvalue weighted by atomic mass is 16.5. The molecule has 1 aliphatic carbocycles. The lowest BCUT2D eigenvalue weighted by atomic mass is 9.84. The summed E-state index contributed by atoms with van der Waals surface area (Å²) in [4.78, 5) is 10.9. The van der Waals surface area contributed by atoms with E-state index >= 15 is 0 Å². The number of hydrogen-bond donors (Lipinski definition) is 0. The van der Waals surface area contributed by atoms with Gasteiger partial charge in [-0.3, -0.25) is 4.79 Å². The molecule has 0 bridgehead atoms. The van der Waals surface area contributed by atoms with Gasteiger partial charge in [-0.15, -0.1) is 0 Å². The lowest BCUT2D eigenvalue weighted by Crippen LogP contribution is -2.20. The van der Waals surface area contributed by atoms with Crippen LogP contribution in [0.2, 0.25) is 0 Å². The molecule has 0 aromatic carbocycles. The molecule has 1 radical (unpaired) electrons. The molecule has 0 saturated heterocycles. The smallest absolute Gasteiger partial charge is 0.311 e. The average molecular weight is 166 g/mol. The monoisotopic (exact) mass is 166 g/mol. The molecule has 0 amide bonds. The Balaban J connectivity index is 2.57. The van der Waals surface area contributed by atoms with Gasteiger partial charge in [-0.05, 0) is 12.8 Å². The van der Waals surface area contributed by atoms with Gasteiger partial charge in [-0.1, -0.05) is 12.8 Å². The van der Waals surface area contributed by atoms with Crippen molar-refractivity contribution in [3.63, 3.8) is 0 Å². The Morgan fingerprint density at radius 2 is 2.17 bits per heavy atom. The van der Waals surface area contributed by atoms with Gasteiger partial charge in [0.15, 0.2) is 0 Å². The largest absolute Gasteiger partial charge is 0.469 e. The second-order valence-corrected chi connectivity index (χ2v) is 3.14. The molecule has 0 heterocycles. The predicted octanol–water partition coefficient (Wildman–Crippen LogP) is 1.45. The van der Waals surface area contributed by atoms with Gasteiger partial charge < -0.3 is 4.74 Å². The molecule has 0 aromatic heterocycles. The zero-order chi connectivity index (χ0) is 9.03. The molecular formula is C9H12NO2. The normalized spacial score (nSPS) is 20.0. The van der Waals surface area contributed by atoms with Crippen LogP contribution >= 0.6 is 0 Å².